The summed E-state index contributed by atoms with van der Waals surface area (Å²) in [5.41, 5.74) is 8.16. The topological polar surface area (TPSA) is 98.5 Å². The highest BCUT2D eigenvalue weighted by molar-refractivity contribution is 7.17. The Kier molecular flexibility index (Phi) is 6.24. The van der Waals surface area contributed by atoms with E-state index in [1.165, 1.54) is 33.1 Å². The third kappa shape index (κ3) is 4.30. The Morgan fingerprint density at radius 3 is 2.73 bits per heavy atom. The monoisotopic (exact) mass is 446 g/mol. The average molecular weight is 447 g/mol. The van der Waals surface area contributed by atoms with Gasteiger partial charge in [-0.25, -0.2) is 4.79 Å². The van der Waals surface area contributed by atoms with Crippen molar-refractivity contribution < 1.29 is 19.1 Å². The molecule has 2 heterocycles. The van der Waals surface area contributed by atoms with Gasteiger partial charge in [0.1, 0.15) is 9.88 Å². The smallest absolute Gasteiger partial charge is 0.348 e. The van der Waals surface area contributed by atoms with Gasteiger partial charge in [0.05, 0.1) is 5.56 Å². The molecular formula is C22H26N2O4S2. The van der Waals surface area contributed by atoms with Gasteiger partial charge in [0.15, 0.2) is 6.61 Å². The largest absolute Gasteiger partial charge is 0.451 e. The van der Waals surface area contributed by atoms with E-state index in [0.717, 1.165) is 61.8 Å². The van der Waals surface area contributed by atoms with Gasteiger partial charge < -0.3 is 15.8 Å². The fourth-order valence-electron chi connectivity index (χ4n) is 4.33. The molecule has 0 radical (unpaired) electrons. The first-order valence-electron chi connectivity index (χ1n) is 10.5. The average Bonchev–Trinajstić information content (AvgIpc) is 3.32. The summed E-state index contributed by atoms with van der Waals surface area (Å²) in [4.78, 5) is 39.7. The minimum Gasteiger partial charge on any atom is -0.451 e. The number of hydrogen-bond donors (Lipinski definition) is 2. The van der Waals surface area contributed by atoms with Gasteiger partial charge in [0.25, 0.3) is 11.8 Å². The number of nitrogens with two attached hydrogens (primary N) is 1. The van der Waals surface area contributed by atoms with Crippen molar-refractivity contribution in [3.8, 4) is 0 Å². The zero-order valence-corrected chi connectivity index (χ0v) is 18.7. The molecule has 30 heavy (non-hydrogen) atoms. The lowest BCUT2D eigenvalue weighted by atomic mass is 9.87. The van der Waals surface area contributed by atoms with Crippen LogP contribution in [-0.2, 0) is 35.2 Å². The first kappa shape index (κ1) is 21.1. The molecule has 3 N–H and O–H groups in total. The standard InChI is InChI=1S/C22H26N2O4S2/c1-2-12-7-8-15-13(9-12)10-17(29-15)22(27)28-11-18(25)24-21-19(20(23)26)14-5-3-4-6-16(14)30-21/h10,12H,2-9,11H2,1H3,(H2,23,26)(H,24,25). The fraction of sp³-hybridized carbons (Fsp3) is 0.500. The summed E-state index contributed by atoms with van der Waals surface area (Å²) in [7, 11) is 0. The van der Waals surface area contributed by atoms with Gasteiger partial charge in [-0.2, -0.15) is 0 Å². The van der Waals surface area contributed by atoms with Gasteiger partial charge in [-0.1, -0.05) is 13.3 Å². The van der Waals surface area contributed by atoms with Crippen LogP contribution in [0.5, 0.6) is 0 Å². The van der Waals surface area contributed by atoms with Crippen LogP contribution in [0.1, 0.15) is 73.5 Å². The fourth-order valence-corrected chi connectivity index (χ4v) is 6.74. The number of nitrogens with one attached hydrogen (secondary N) is 1. The molecule has 0 saturated heterocycles. The van der Waals surface area contributed by atoms with Crippen LogP contribution in [0.15, 0.2) is 6.07 Å². The van der Waals surface area contributed by atoms with Crippen molar-refractivity contribution in [3.63, 3.8) is 0 Å². The molecule has 2 aliphatic rings. The molecule has 0 fully saturated rings. The maximum absolute atomic E-state index is 12.4. The van der Waals surface area contributed by atoms with Crippen LogP contribution < -0.4 is 11.1 Å². The van der Waals surface area contributed by atoms with Gasteiger partial charge in [-0.05, 0) is 68.1 Å². The predicted molar refractivity (Wildman–Crippen MR) is 119 cm³/mol. The van der Waals surface area contributed by atoms with Crippen LogP contribution in [0.2, 0.25) is 0 Å². The van der Waals surface area contributed by atoms with E-state index >= 15 is 0 Å². The molecule has 0 aliphatic heterocycles. The summed E-state index contributed by atoms with van der Waals surface area (Å²) in [5.74, 6) is -0.788. The molecule has 1 atom stereocenters. The molecule has 2 amide bonds. The third-order valence-corrected chi connectivity index (χ3v) is 8.39. The first-order chi connectivity index (χ1) is 14.5. The summed E-state index contributed by atoms with van der Waals surface area (Å²) in [5, 5.41) is 3.19. The molecule has 0 bridgehead atoms. The Bertz CT molecular complexity index is 992. The summed E-state index contributed by atoms with van der Waals surface area (Å²) in [6.07, 6.45) is 8.10. The Morgan fingerprint density at radius 1 is 1.17 bits per heavy atom. The lowest BCUT2D eigenvalue weighted by Gasteiger charge is -2.19. The van der Waals surface area contributed by atoms with Gasteiger partial charge in [0.2, 0.25) is 0 Å². The molecular weight excluding hydrogens is 420 g/mol. The number of fused-ring (bicyclic) bond motifs is 2. The number of carbonyl (C=O) groups is 3. The van der Waals surface area contributed by atoms with Crippen molar-refractivity contribution >= 4 is 45.5 Å². The van der Waals surface area contributed by atoms with Crippen molar-refractivity contribution in [2.45, 2.75) is 58.3 Å². The van der Waals surface area contributed by atoms with E-state index < -0.39 is 17.8 Å². The number of anilines is 1. The summed E-state index contributed by atoms with van der Waals surface area (Å²) in [6, 6.07) is 1.92. The molecule has 4 rings (SSSR count). The maximum atomic E-state index is 12.4. The van der Waals surface area contributed by atoms with Crippen molar-refractivity contribution in [2.24, 2.45) is 11.7 Å². The predicted octanol–water partition coefficient (Wildman–Crippen LogP) is 4.10. The van der Waals surface area contributed by atoms with E-state index in [2.05, 4.69) is 12.2 Å². The van der Waals surface area contributed by atoms with E-state index in [0.29, 0.717) is 21.4 Å². The zero-order chi connectivity index (χ0) is 21.3. The minimum absolute atomic E-state index is 0.389. The molecule has 2 aromatic heterocycles. The Morgan fingerprint density at radius 2 is 1.97 bits per heavy atom. The maximum Gasteiger partial charge on any atom is 0.348 e. The number of carbonyl (C=O) groups excluding carboxylic acids is 3. The molecule has 2 aliphatic carbocycles. The van der Waals surface area contributed by atoms with Crippen LogP contribution in [0.25, 0.3) is 0 Å². The van der Waals surface area contributed by atoms with Gasteiger partial charge in [-0.15, -0.1) is 22.7 Å². The van der Waals surface area contributed by atoms with E-state index in [9.17, 15) is 14.4 Å². The first-order valence-corrected chi connectivity index (χ1v) is 12.1. The molecule has 1 unspecified atom stereocenters. The van der Waals surface area contributed by atoms with Crippen molar-refractivity contribution in [3.05, 3.63) is 37.4 Å². The number of rotatable bonds is 6. The van der Waals surface area contributed by atoms with Crippen molar-refractivity contribution in [2.75, 3.05) is 11.9 Å². The second kappa shape index (κ2) is 8.89. The SMILES string of the molecule is CCC1CCc2sc(C(=O)OCC(=O)Nc3sc4c(c3C(N)=O)CCCC4)cc2C1. The molecule has 160 valence electrons. The third-order valence-electron chi connectivity index (χ3n) is 5.97. The molecule has 8 heteroatoms. The van der Waals surface area contributed by atoms with Crippen LogP contribution in [-0.4, -0.2) is 24.4 Å². The number of aryl methyl sites for hydroxylation is 2. The van der Waals surface area contributed by atoms with Crippen LogP contribution in [0, 0.1) is 5.92 Å². The van der Waals surface area contributed by atoms with Crippen LogP contribution >= 0.6 is 22.7 Å². The lowest BCUT2D eigenvalue weighted by molar-refractivity contribution is -0.119. The second-order valence-corrected chi connectivity index (χ2v) is 10.2. The second-order valence-electron chi connectivity index (χ2n) is 7.98. The Hall–Kier alpha value is -2.19. The molecule has 2 aromatic rings. The minimum atomic E-state index is -0.531. The molecule has 0 spiro atoms. The lowest BCUT2D eigenvalue weighted by Crippen LogP contribution is -2.22. The van der Waals surface area contributed by atoms with Crippen LogP contribution in [0.3, 0.4) is 0 Å². The van der Waals surface area contributed by atoms with Crippen molar-refractivity contribution in [1.82, 2.24) is 0 Å². The Labute approximate surface area is 183 Å². The number of esters is 1. The molecule has 0 saturated carbocycles. The molecule has 0 aromatic carbocycles. The highest BCUT2D eigenvalue weighted by Gasteiger charge is 2.26. The highest BCUT2D eigenvalue weighted by Crippen LogP contribution is 2.38. The molecule has 6 nitrogen and oxygen atoms in total. The zero-order valence-electron chi connectivity index (χ0n) is 17.0. The van der Waals surface area contributed by atoms with E-state index in [1.807, 2.05) is 6.07 Å². The number of hydrogen-bond acceptors (Lipinski definition) is 6. The number of primary amides is 1. The number of amides is 2. The summed E-state index contributed by atoms with van der Waals surface area (Å²) < 4.78 is 5.24. The van der Waals surface area contributed by atoms with E-state index in [-0.39, 0.29) is 6.61 Å². The van der Waals surface area contributed by atoms with Gasteiger partial charge in [-0.3, -0.25) is 9.59 Å². The van der Waals surface area contributed by atoms with E-state index in [1.54, 1.807) is 0 Å². The van der Waals surface area contributed by atoms with Gasteiger partial charge in [0, 0.05) is 9.75 Å². The van der Waals surface area contributed by atoms with Crippen LogP contribution in [0.4, 0.5) is 5.00 Å². The summed E-state index contributed by atoms with van der Waals surface area (Å²) in [6.45, 7) is 1.81. The quantitative estimate of drug-likeness (QED) is 0.653. The normalized spacial score (nSPS) is 17.7. The van der Waals surface area contributed by atoms with Gasteiger partial charge >= 0.3 is 5.97 Å². The number of ether oxygens (including phenoxy) is 1. The van der Waals surface area contributed by atoms with Crippen molar-refractivity contribution in [1.29, 1.82) is 0 Å². The summed E-state index contributed by atoms with van der Waals surface area (Å²) >= 11 is 2.87. The number of thiophene rings is 2. The highest BCUT2D eigenvalue weighted by atomic mass is 32.1. The van der Waals surface area contributed by atoms with E-state index in [4.69, 9.17) is 10.5 Å². The Balaban J connectivity index is 1.38.